The molecule has 0 spiro atoms. The summed E-state index contributed by atoms with van der Waals surface area (Å²) < 4.78 is 31.7. The molecule has 154 valence electrons. The summed E-state index contributed by atoms with van der Waals surface area (Å²) in [6.07, 6.45) is 0. The maximum atomic E-state index is 14.2. The highest BCUT2D eigenvalue weighted by molar-refractivity contribution is 7.25. The van der Waals surface area contributed by atoms with Crippen molar-refractivity contribution in [2.45, 2.75) is 13.5 Å². The zero-order valence-electron chi connectivity index (χ0n) is 16.4. The minimum absolute atomic E-state index is 0.0719. The zero-order chi connectivity index (χ0) is 21.7. The summed E-state index contributed by atoms with van der Waals surface area (Å²) in [5.41, 5.74) is 0.557. The SMILES string of the molecule is Cc1ccc(-n2c(=O)c3sc4ccccc4c3n(Cc3cccc(F)c3)c2=O)cc1F. The Hall–Kier alpha value is -3.58. The van der Waals surface area contributed by atoms with Gasteiger partial charge in [-0.05, 0) is 48.4 Å². The number of aryl methyl sites for hydroxylation is 1. The Morgan fingerprint density at radius 1 is 0.935 bits per heavy atom. The Bertz CT molecular complexity index is 1600. The van der Waals surface area contributed by atoms with Crippen molar-refractivity contribution >= 4 is 31.6 Å². The Balaban J connectivity index is 1.89. The molecule has 2 aromatic heterocycles. The number of halogens is 2. The fourth-order valence-electron chi connectivity index (χ4n) is 3.76. The van der Waals surface area contributed by atoms with E-state index < -0.39 is 22.9 Å². The maximum Gasteiger partial charge on any atom is 0.336 e. The molecule has 0 saturated heterocycles. The number of fused-ring (bicyclic) bond motifs is 3. The van der Waals surface area contributed by atoms with Crippen LogP contribution in [0.3, 0.4) is 0 Å². The first-order valence-corrected chi connectivity index (χ1v) is 10.4. The van der Waals surface area contributed by atoms with Gasteiger partial charge in [0, 0.05) is 10.1 Å². The zero-order valence-corrected chi connectivity index (χ0v) is 17.2. The minimum Gasteiger partial charge on any atom is -0.287 e. The van der Waals surface area contributed by atoms with Crippen LogP contribution >= 0.6 is 11.3 Å². The smallest absolute Gasteiger partial charge is 0.287 e. The van der Waals surface area contributed by atoms with Crippen molar-refractivity contribution in [2.24, 2.45) is 0 Å². The molecule has 0 saturated carbocycles. The molecule has 0 aliphatic rings. The third kappa shape index (κ3) is 3.18. The number of thiophene rings is 1. The van der Waals surface area contributed by atoms with Crippen LogP contribution in [0.25, 0.3) is 26.0 Å². The van der Waals surface area contributed by atoms with Gasteiger partial charge in [0.2, 0.25) is 0 Å². The number of benzene rings is 3. The van der Waals surface area contributed by atoms with Crippen LogP contribution in [-0.4, -0.2) is 9.13 Å². The molecule has 0 atom stereocenters. The van der Waals surface area contributed by atoms with Crippen LogP contribution in [0.4, 0.5) is 8.78 Å². The number of aromatic nitrogens is 2. The summed E-state index contributed by atoms with van der Waals surface area (Å²) in [7, 11) is 0. The standard InChI is InChI=1S/C24H16F2N2O2S/c1-14-9-10-17(12-19(14)26)28-23(29)22-21(18-7-2-3-8-20(18)31-22)27(24(28)30)13-15-5-4-6-16(25)11-15/h2-12H,13H2,1H3. The topological polar surface area (TPSA) is 44.0 Å². The average Bonchev–Trinajstić information content (AvgIpc) is 3.14. The highest BCUT2D eigenvalue weighted by atomic mass is 32.1. The van der Waals surface area contributed by atoms with Crippen molar-refractivity contribution in [3.05, 3.63) is 110 Å². The van der Waals surface area contributed by atoms with Gasteiger partial charge in [-0.2, -0.15) is 0 Å². The third-order valence-electron chi connectivity index (χ3n) is 5.30. The highest BCUT2D eigenvalue weighted by Gasteiger charge is 2.20. The molecule has 7 heteroatoms. The van der Waals surface area contributed by atoms with Gasteiger partial charge in [0.15, 0.2) is 0 Å². The second kappa shape index (κ2) is 7.28. The van der Waals surface area contributed by atoms with Crippen molar-refractivity contribution in [1.82, 2.24) is 9.13 Å². The fourth-order valence-corrected chi connectivity index (χ4v) is 4.90. The predicted molar refractivity (Wildman–Crippen MR) is 119 cm³/mol. The first kappa shape index (κ1) is 19.4. The summed E-state index contributed by atoms with van der Waals surface area (Å²) in [6.45, 7) is 1.68. The first-order valence-electron chi connectivity index (χ1n) is 9.62. The van der Waals surface area contributed by atoms with Crippen LogP contribution in [0.1, 0.15) is 11.1 Å². The van der Waals surface area contributed by atoms with Crippen molar-refractivity contribution in [1.29, 1.82) is 0 Å². The molecule has 4 nitrogen and oxygen atoms in total. The lowest BCUT2D eigenvalue weighted by molar-refractivity contribution is 0.614. The molecule has 3 aromatic carbocycles. The van der Waals surface area contributed by atoms with E-state index in [2.05, 4.69) is 0 Å². The molecule has 31 heavy (non-hydrogen) atoms. The summed E-state index contributed by atoms with van der Waals surface area (Å²) in [4.78, 5) is 26.9. The van der Waals surface area contributed by atoms with Gasteiger partial charge in [0.1, 0.15) is 16.3 Å². The predicted octanol–water partition coefficient (Wildman–Crippen LogP) is 5.00. The van der Waals surface area contributed by atoms with Crippen LogP contribution in [0.2, 0.25) is 0 Å². The van der Waals surface area contributed by atoms with Gasteiger partial charge >= 0.3 is 5.69 Å². The number of hydrogen-bond acceptors (Lipinski definition) is 3. The molecular formula is C24H16F2N2O2S. The van der Waals surface area contributed by atoms with Gasteiger partial charge in [-0.15, -0.1) is 11.3 Å². The largest absolute Gasteiger partial charge is 0.336 e. The normalized spacial score (nSPS) is 11.5. The molecule has 0 fully saturated rings. The van der Waals surface area contributed by atoms with Gasteiger partial charge in [-0.1, -0.05) is 36.4 Å². The van der Waals surface area contributed by atoms with Crippen LogP contribution in [0.15, 0.2) is 76.3 Å². The van der Waals surface area contributed by atoms with Crippen LogP contribution in [-0.2, 0) is 6.54 Å². The maximum absolute atomic E-state index is 14.2. The van der Waals surface area contributed by atoms with Crippen molar-refractivity contribution in [3.63, 3.8) is 0 Å². The quantitative estimate of drug-likeness (QED) is 0.401. The van der Waals surface area contributed by atoms with Crippen LogP contribution in [0, 0.1) is 18.6 Å². The van der Waals surface area contributed by atoms with E-state index in [0.29, 0.717) is 21.3 Å². The van der Waals surface area contributed by atoms with E-state index in [4.69, 9.17) is 0 Å². The van der Waals surface area contributed by atoms with E-state index in [1.807, 2.05) is 24.3 Å². The lowest BCUT2D eigenvalue weighted by Crippen LogP contribution is -2.38. The summed E-state index contributed by atoms with van der Waals surface area (Å²) in [5.74, 6) is -0.914. The minimum atomic E-state index is -0.603. The number of hydrogen-bond donors (Lipinski definition) is 0. The van der Waals surface area contributed by atoms with Crippen molar-refractivity contribution < 1.29 is 8.78 Å². The van der Waals surface area contributed by atoms with Crippen molar-refractivity contribution in [3.8, 4) is 5.69 Å². The van der Waals surface area contributed by atoms with Gasteiger partial charge in [-0.3, -0.25) is 9.36 Å². The van der Waals surface area contributed by atoms with E-state index in [1.54, 1.807) is 25.1 Å². The molecular weight excluding hydrogens is 418 g/mol. The van der Waals surface area contributed by atoms with E-state index in [-0.39, 0.29) is 12.2 Å². The van der Waals surface area contributed by atoms with Crippen LogP contribution < -0.4 is 11.2 Å². The average molecular weight is 434 g/mol. The molecule has 0 bridgehead atoms. The van der Waals surface area contributed by atoms with E-state index in [0.717, 1.165) is 14.7 Å². The molecule has 0 unspecified atom stereocenters. The van der Waals surface area contributed by atoms with Gasteiger partial charge in [-0.25, -0.2) is 18.1 Å². The summed E-state index contributed by atoms with van der Waals surface area (Å²) in [5, 5.41) is 0.773. The molecule has 0 amide bonds. The Morgan fingerprint density at radius 2 is 1.74 bits per heavy atom. The molecule has 0 N–H and O–H groups in total. The Kier molecular flexibility index (Phi) is 4.55. The fraction of sp³-hybridized carbons (Fsp3) is 0.0833. The van der Waals surface area contributed by atoms with E-state index in [9.17, 15) is 18.4 Å². The molecule has 0 aliphatic heterocycles. The second-order valence-corrected chi connectivity index (χ2v) is 8.40. The lowest BCUT2D eigenvalue weighted by atomic mass is 10.2. The first-order chi connectivity index (χ1) is 14.9. The Labute approximate surface area is 179 Å². The summed E-state index contributed by atoms with van der Waals surface area (Å²) in [6, 6.07) is 17.7. The number of rotatable bonds is 3. The van der Waals surface area contributed by atoms with Crippen LogP contribution in [0.5, 0.6) is 0 Å². The van der Waals surface area contributed by atoms with Gasteiger partial charge in [0.05, 0.1) is 17.7 Å². The second-order valence-electron chi connectivity index (χ2n) is 7.35. The molecule has 2 heterocycles. The van der Waals surface area contributed by atoms with Gasteiger partial charge in [0.25, 0.3) is 5.56 Å². The van der Waals surface area contributed by atoms with E-state index in [1.165, 1.54) is 40.2 Å². The molecule has 0 radical (unpaired) electrons. The van der Waals surface area contributed by atoms with E-state index >= 15 is 0 Å². The third-order valence-corrected chi connectivity index (χ3v) is 6.45. The lowest BCUT2D eigenvalue weighted by Gasteiger charge is -2.13. The Morgan fingerprint density at radius 3 is 2.52 bits per heavy atom. The van der Waals surface area contributed by atoms with Gasteiger partial charge < -0.3 is 0 Å². The van der Waals surface area contributed by atoms with Crippen molar-refractivity contribution in [2.75, 3.05) is 0 Å². The molecule has 5 aromatic rings. The highest BCUT2D eigenvalue weighted by Crippen LogP contribution is 2.31. The number of nitrogens with zero attached hydrogens (tertiary/aromatic N) is 2. The summed E-state index contributed by atoms with van der Waals surface area (Å²) >= 11 is 1.28. The monoisotopic (exact) mass is 434 g/mol. The molecule has 5 rings (SSSR count). The molecule has 0 aliphatic carbocycles.